The van der Waals surface area contributed by atoms with Crippen molar-refractivity contribution < 1.29 is 18.3 Å². The molecule has 1 atom stereocenters. The SMILES string of the molecule is Cc1c(S(=O)(=O)N2CCC[C@@H](c3ccc(C(=O)O)cc3)C2)cnn1C. The highest BCUT2D eigenvalue weighted by Crippen LogP contribution is 2.31. The standard InChI is InChI=1S/C17H21N3O4S/c1-12-16(10-18-19(12)2)25(23,24)20-9-3-4-15(11-20)13-5-7-14(8-6-13)17(21)22/h5-8,10,15H,3-4,9,11H2,1-2H3,(H,21,22)/t15-/m1/s1. The average molecular weight is 363 g/mol. The van der Waals surface area contributed by atoms with E-state index >= 15 is 0 Å². The van der Waals surface area contributed by atoms with Crippen molar-refractivity contribution >= 4 is 16.0 Å². The second kappa shape index (κ2) is 6.61. The molecule has 0 saturated carbocycles. The summed E-state index contributed by atoms with van der Waals surface area (Å²) < 4.78 is 28.9. The third-order valence-electron chi connectivity index (χ3n) is 4.82. The largest absolute Gasteiger partial charge is 0.478 e. The molecule has 0 spiro atoms. The van der Waals surface area contributed by atoms with Crippen LogP contribution in [-0.4, -0.2) is 46.7 Å². The Morgan fingerprint density at radius 1 is 1.28 bits per heavy atom. The number of benzene rings is 1. The molecular weight excluding hydrogens is 342 g/mol. The van der Waals surface area contributed by atoms with E-state index in [1.807, 2.05) is 0 Å². The molecule has 3 rings (SSSR count). The van der Waals surface area contributed by atoms with Crippen LogP contribution < -0.4 is 0 Å². The fraction of sp³-hybridized carbons (Fsp3) is 0.412. The predicted molar refractivity (Wildman–Crippen MR) is 92.1 cm³/mol. The first-order chi connectivity index (χ1) is 11.8. The Balaban J connectivity index is 1.83. The summed E-state index contributed by atoms with van der Waals surface area (Å²) in [5.74, 6) is -0.908. The molecule has 1 fully saturated rings. The number of aryl methyl sites for hydroxylation is 1. The van der Waals surface area contributed by atoms with Gasteiger partial charge in [0.05, 0.1) is 17.5 Å². The summed E-state index contributed by atoms with van der Waals surface area (Å²) >= 11 is 0. The zero-order valence-corrected chi connectivity index (χ0v) is 15.0. The van der Waals surface area contributed by atoms with Gasteiger partial charge in [0.15, 0.2) is 0 Å². The normalized spacial score (nSPS) is 19.0. The molecule has 0 unspecified atom stereocenters. The summed E-state index contributed by atoms with van der Waals surface area (Å²) in [6.07, 6.45) is 3.05. The second-order valence-corrected chi connectivity index (χ2v) is 8.25. The molecule has 134 valence electrons. The number of nitrogens with zero attached hydrogens (tertiary/aromatic N) is 3. The van der Waals surface area contributed by atoms with E-state index in [0.717, 1.165) is 18.4 Å². The molecule has 0 amide bonds. The minimum atomic E-state index is -3.58. The Kier molecular flexibility index (Phi) is 4.66. The van der Waals surface area contributed by atoms with Gasteiger partial charge >= 0.3 is 5.97 Å². The number of hydrogen-bond donors (Lipinski definition) is 1. The van der Waals surface area contributed by atoms with Crippen LogP contribution in [0, 0.1) is 6.92 Å². The van der Waals surface area contributed by atoms with Crippen LogP contribution in [0.1, 0.15) is 40.4 Å². The zero-order chi connectivity index (χ0) is 18.2. The van der Waals surface area contributed by atoms with E-state index < -0.39 is 16.0 Å². The lowest BCUT2D eigenvalue weighted by Gasteiger charge is -2.32. The van der Waals surface area contributed by atoms with Crippen LogP contribution in [0.2, 0.25) is 0 Å². The topological polar surface area (TPSA) is 92.5 Å². The first-order valence-electron chi connectivity index (χ1n) is 8.12. The monoisotopic (exact) mass is 363 g/mol. The molecule has 7 nitrogen and oxygen atoms in total. The Morgan fingerprint density at radius 2 is 1.96 bits per heavy atom. The molecule has 0 aliphatic carbocycles. The molecule has 1 aromatic carbocycles. The van der Waals surface area contributed by atoms with Gasteiger partial charge in [-0.25, -0.2) is 13.2 Å². The highest BCUT2D eigenvalue weighted by Gasteiger charge is 2.33. The maximum absolute atomic E-state index is 12.9. The summed E-state index contributed by atoms with van der Waals surface area (Å²) in [5.41, 5.74) is 1.82. The lowest BCUT2D eigenvalue weighted by Crippen LogP contribution is -2.39. The lowest BCUT2D eigenvalue weighted by atomic mass is 9.91. The molecule has 0 radical (unpaired) electrons. The number of rotatable bonds is 4. The molecule has 2 heterocycles. The van der Waals surface area contributed by atoms with Gasteiger partial charge in [0, 0.05) is 20.1 Å². The highest BCUT2D eigenvalue weighted by atomic mass is 32.2. The van der Waals surface area contributed by atoms with E-state index in [4.69, 9.17) is 5.11 Å². The summed E-state index contributed by atoms with van der Waals surface area (Å²) in [4.78, 5) is 11.2. The van der Waals surface area contributed by atoms with Gasteiger partial charge in [0.2, 0.25) is 10.0 Å². The van der Waals surface area contributed by atoms with Gasteiger partial charge in [-0.2, -0.15) is 9.40 Å². The van der Waals surface area contributed by atoms with Crippen molar-refractivity contribution in [3.63, 3.8) is 0 Å². The van der Waals surface area contributed by atoms with Gasteiger partial charge < -0.3 is 5.11 Å². The molecule has 1 N–H and O–H groups in total. The van der Waals surface area contributed by atoms with Crippen LogP contribution in [0.5, 0.6) is 0 Å². The Labute approximate surface area is 146 Å². The molecule has 8 heteroatoms. The van der Waals surface area contributed by atoms with Gasteiger partial charge in [-0.1, -0.05) is 12.1 Å². The molecule has 1 saturated heterocycles. The Bertz CT molecular complexity index is 887. The first kappa shape index (κ1) is 17.6. The summed E-state index contributed by atoms with van der Waals surface area (Å²) in [7, 11) is -1.86. The maximum atomic E-state index is 12.9. The minimum Gasteiger partial charge on any atom is -0.478 e. The zero-order valence-electron chi connectivity index (χ0n) is 14.2. The van der Waals surface area contributed by atoms with Gasteiger partial charge in [-0.3, -0.25) is 4.68 Å². The fourth-order valence-corrected chi connectivity index (χ4v) is 4.91. The van der Waals surface area contributed by atoms with Gasteiger partial charge in [-0.15, -0.1) is 0 Å². The molecule has 2 aromatic rings. The highest BCUT2D eigenvalue weighted by molar-refractivity contribution is 7.89. The predicted octanol–water partition coefficient (Wildman–Crippen LogP) is 2.00. The van der Waals surface area contributed by atoms with Crippen molar-refractivity contribution in [3.05, 3.63) is 47.3 Å². The van der Waals surface area contributed by atoms with E-state index in [1.165, 1.54) is 10.5 Å². The van der Waals surface area contributed by atoms with Crippen LogP contribution in [0.3, 0.4) is 0 Å². The smallest absolute Gasteiger partial charge is 0.335 e. The summed E-state index contributed by atoms with van der Waals surface area (Å²) in [6, 6.07) is 6.69. The van der Waals surface area contributed by atoms with Crippen molar-refractivity contribution in [2.24, 2.45) is 7.05 Å². The van der Waals surface area contributed by atoms with Crippen molar-refractivity contribution in [1.82, 2.24) is 14.1 Å². The quantitative estimate of drug-likeness (QED) is 0.897. The third kappa shape index (κ3) is 3.32. The Morgan fingerprint density at radius 3 is 2.52 bits per heavy atom. The van der Waals surface area contributed by atoms with Crippen LogP contribution in [-0.2, 0) is 17.1 Å². The molecule has 0 bridgehead atoms. The van der Waals surface area contributed by atoms with E-state index in [-0.39, 0.29) is 16.4 Å². The number of piperidine rings is 1. The van der Waals surface area contributed by atoms with E-state index in [9.17, 15) is 13.2 Å². The van der Waals surface area contributed by atoms with Crippen molar-refractivity contribution in [2.45, 2.75) is 30.6 Å². The van der Waals surface area contributed by atoms with Crippen molar-refractivity contribution in [1.29, 1.82) is 0 Å². The van der Waals surface area contributed by atoms with Gasteiger partial charge in [0.1, 0.15) is 4.90 Å². The van der Waals surface area contributed by atoms with Crippen molar-refractivity contribution in [3.8, 4) is 0 Å². The van der Waals surface area contributed by atoms with Crippen molar-refractivity contribution in [2.75, 3.05) is 13.1 Å². The second-order valence-electron chi connectivity index (χ2n) is 6.35. The van der Waals surface area contributed by atoms with Crippen LogP contribution in [0.25, 0.3) is 0 Å². The minimum absolute atomic E-state index is 0.0587. The number of carboxylic acids is 1. The van der Waals surface area contributed by atoms with Crippen LogP contribution >= 0.6 is 0 Å². The molecule has 25 heavy (non-hydrogen) atoms. The number of carbonyl (C=O) groups is 1. The average Bonchev–Trinajstić information content (AvgIpc) is 2.95. The lowest BCUT2D eigenvalue weighted by molar-refractivity contribution is 0.0697. The Hall–Kier alpha value is -2.19. The van der Waals surface area contributed by atoms with Crippen LogP contribution in [0.15, 0.2) is 35.4 Å². The summed E-state index contributed by atoms with van der Waals surface area (Å²) in [5, 5.41) is 13.0. The first-order valence-corrected chi connectivity index (χ1v) is 9.56. The molecule has 1 aliphatic heterocycles. The maximum Gasteiger partial charge on any atom is 0.335 e. The fourth-order valence-electron chi connectivity index (χ4n) is 3.20. The van der Waals surface area contributed by atoms with E-state index in [0.29, 0.717) is 18.8 Å². The molecule has 1 aliphatic rings. The van der Waals surface area contributed by atoms with Gasteiger partial charge in [0.25, 0.3) is 0 Å². The number of sulfonamides is 1. The molecule has 1 aromatic heterocycles. The van der Waals surface area contributed by atoms with E-state index in [1.54, 1.807) is 42.9 Å². The number of aromatic carboxylic acids is 1. The number of carboxylic acid groups (broad SMARTS) is 1. The van der Waals surface area contributed by atoms with E-state index in [2.05, 4.69) is 5.10 Å². The van der Waals surface area contributed by atoms with Gasteiger partial charge in [-0.05, 0) is 43.4 Å². The number of hydrogen-bond acceptors (Lipinski definition) is 4. The number of aromatic nitrogens is 2. The van der Waals surface area contributed by atoms with Crippen LogP contribution in [0.4, 0.5) is 0 Å². The molecular formula is C17H21N3O4S. The third-order valence-corrected chi connectivity index (χ3v) is 6.79. The summed E-state index contributed by atoms with van der Waals surface area (Å²) in [6.45, 7) is 2.62.